The molecule has 2 N–H and O–H groups in total. The maximum Gasteiger partial charge on any atom is 0.280 e. The Kier molecular flexibility index (Phi) is 2.77. The maximum atomic E-state index is 12.3. The molecule has 1 rings (SSSR count). The van der Waals surface area contributed by atoms with Crippen LogP contribution in [0.25, 0.3) is 0 Å². The van der Waals surface area contributed by atoms with Gasteiger partial charge < -0.3 is 10.2 Å². The van der Waals surface area contributed by atoms with E-state index >= 15 is 0 Å². The van der Waals surface area contributed by atoms with E-state index in [0.717, 1.165) is 0 Å². The molecule has 0 aromatic carbocycles. The fourth-order valence-corrected chi connectivity index (χ4v) is 0.990. The van der Waals surface area contributed by atoms with Gasteiger partial charge in [-0.15, -0.1) is 0 Å². The molecule has 13 heavy (non-hydrogen) atoms. The summed E-state index contributed by atoms with van der Waals surface area (Å²) in [6.45, 7) is 0.876. The zero-order valence-electron chi connectivity index (χ0n) is 6.96. The normalized spacial score (nSPS) is 10.8. The fraction of sp³-hybridized carbons (Fsp3) is 0.375. The van der Waals surface area contributed by atoms with Crippen LogP contribution >= 0.6 is 0 Å². The van der Waals surface area contributed by atoms with Gasteiger partial charge in [0.25, 0.3) is 6.43 Å². The summed E-state index contributed by atoms with van der Waals surface area (Å²) in [6.07, 6.45) is -2.69. The minimum atomic E-state index is -2.69. The smallest absolute Gasteiger partial charge is 0.280 e. The highest BCUT2D eigenvalue weighted by atomic mass is 19.3. The average molecular weight is 189 g/mol. The first-order valence-corrected chi connectivity index (χ1v) is 3.64. The van der Waals surface area contributed by atoms with Crippen LogP contribution < -0.4 is 0 Å². The van der Waals surface area contributed by atoms with Crippen LogP contribution in [0.3, 0.4) is 0 Å². The lowest BCUT2D eigenvalue weighted by molar-refractivity contribution is 0.144. The number of hydrogen-bond donors (Lipinski definition) is 2. The summed E-state index contributed by atoms with van der Waals surface area (Å²) in [5.74, 6) is -0.260. The van der Waals surface area contributed by atoms with Crippen molar-refractivity contribution >= 4 is 0 Å². The molecule has 72 valence electrons. The Balaban J connectivity index is 3.22. The summed E-state index contributed by atoms with van der Waals surface area (Å²) >= 11 is 0. The number of pyridine rings is 1. The third kappa shape index (κ3) is 1.92. The molecule has 3 nitrogen and oxygen atoms in total. The van der Waals surface area contributed by atoms with Gasteiger partial charge in [-0.3, -0.25) is 0 Å². The summed E-state index contributed by atoms with van der Waals surface area (Å²) in [5.41, 5.74) is -0.313. The molecule has 0 amide bonds. The Labute approximate surface area is 73.7 Å². The summed E-state index contributed by atoms with van der Waals surface area (Å²) in [6, 6.07) is 1.17. The minimum Gasteiger partial charge on any atom is -0.506 e. The van der Waals surface area contributed by atoms with Crippen LogP contribution in [-0.2, 0) is 6.61 Å². The van der Waals surface area contributed by atoms with Gasteiger partial charge in [0.15, 0.2) is 0 Å². The molecule has 0 aliphatic carbocycles. The third-order valence-electron chi connectivity index (χ3n) is 1.66. The average Bonchev–Trinajstić information content (AvgIpc) is 2.03. The van der Waals surface area contributed by atoms with E-state index in [2.05, 4.69) is 4.98 Å². The van der Waals surface area contributed by atoms with Crippen molar-refractivity contribution < 1.29 is 19.0 Å². The Bertz CT molecular complexity index is 315. The van der Waals surface area contributed by atoms with Crippen molar-refractivity contribution in [2.75, 3.05) is 0 Å². The van der Waals surface area contributed by atoms with Gasteiger partial charge in [0, 0.05) is 0 Å². The third-order valence-corrected chi connectivity index (χ3v) is 1.66. The number of halogens is 2. The molecule has 0 atom stereocenters. The van der Waals surface area contributed by atoms with Crippen LogP contribution in [0.15, 0.2) is 6.07 Å². The van der Waals surface area contributed by atoms with Crippen LogP contribution in [0.5, 0.6) is 5.75 Å². The first-order valence-electron chi connectivity index (χ1n) is 3.64. The highest BCUT2D eigenvalue weighted by molar-refractivity contribution is 5.33. The first-order chi connectivity index (χ1) is 6.06. The van der Waals surface area contributed by atoms with Crippen LogP contribution in [-0.4, -0.2) is 15.2 Å². The monoisotopic (exact) mass is 189 g/mol. The molecule has 0 bridgehead atoms. The van der Waals surface area contributed by atoms with E-state index in [-0.39, 0.29) is 17.0 Å². The molecule has 0 unspecified atom stereocenters. The number of aromatic nitrogens is 1. The van der Waals surface area contributed by atoms with Gasteiger partial charge in [0.05, 0.1) is 6.61 Å². The quantitative estimate of drug-likeness (QED) is 0.741. The molecular weight excluding hydrogens is 180 g/mol. The van der Waals surface area contributed by atoms with Crippen molar-refractivity contribution in [2.45, 2.75) is 20.0 Å². The Morgan fingerprint density at radius 3 is 2.62 bits per heavy atom. The number of alkyl halides is 2. The predicted molar refractivity (Wildman–Crippen MR) is 41.5 cm³/mol. The molecule has 0 saturated heterocycles. The lowest BCUT2D eigenvalue weighted by Crippen LogP contribution is -1.99. The van der Waals surface area contributed by atoms with Crippen molar-refractivity contribution in [3.63, 3.8) is 0 Å². The van der Waals surface area contributed by atoms with Crippen molar-refractivity contribution in [2.24, 2.45) is 0 Å². The molecule has 0 spiro atoms. The fourth-order valence-electron chi connectivity index (χ4n) is 0.990. The zero-order valence-corrected chi connectivity index (χ0v) is 6.96. The van der Waals surface area contributed by atoms with Gasteiger partial charge in [0.2, 0.25) is 0 Å². The van der Waals surface area contributed by atoms with E-state index in [1.165, 1.54) is 13.0 Å². The summed E-state index contributed by atoms with van der Waals surface area (Å²) in [4.78, 5) is 3.44. The van der Waals surface area contributed by atoms with E-state index in [1.54, 1.807) is 0 Å². The SMILES string of the molecule is Cc1cc(O)c(CO)nc1C(F)F. The number of rotatable bonds is 2. The molecule has 0 saturated carbocycles. The summed E-state index contributed by atoms with van der Waals surface area (Å²) in [7, 11) is 0. The van der Waals surface area contributed by atoms with E-state index in [4.69, 9.17) is 10.2 Å². The van der Waals surface area contributed by atoms with Gasteiger partial charge in [-0.05, 0) is 18.6 Å². The second-order valence-electron chi connectivity index (χ2n) is 2.62. The van der Waals surface area contributed by atoms with Crippen molar-refractivity contribution in [3.05, 3.63) is 23.0 Å². The van der Waals surface area contributed by atoms with Crippen LogP contribution in [0.2, 0.25) is 0 Å². The minimum absolute atomic E-state index is 0.124. The van der Waals surface area contributed by atoms with E-state index in [0.29, 0.717) is 0 Å². The number of hydrogen-bond acceptors (Lipinski definition) is 3. The predicted octanol–water partition coefficient (Wildman–Crippen LogP) is 1.53. The first kappa shape index (κ1) is 9.85. The van der Waals surface area contributed by atoms with Crippen molar-refractivity contribution in [1.29, 1.82) is 0 Å². The van der Waals surface area contributed by atoms with Crippen molar-refractivity contribution in [3.8, 4) is 5.75 Å². The number of aliphatic hydroxyl groups is 1. The van der Waals surface area contributed by atoms with Gasteiger partial charge in [-0.25, -0.2) is 13.8 Å². The van der Waals surface area contributed by atoms with Gasteiger partial charge in [0.1, 0.15) is 17.1 Å². The molecule has 0 aliphatic rings. The topological polar surface area (TPSA) is 53.4 Å². The molecule has 0 radical (unpaired) electrons. The van der Waals surface area contributed by atoms with Gasteiger partial charge >= 0.3 is 0 Å². The van der Waals surface area contributed by atoms with Gasteiger partial charge in [-0.1, -0.05) is 0 Å². The second kappa shape index (κ2) is 3.66. The lowest BCUT2D eigenvalue weighted by atomic mass is 10.2. The molecular formula is C8H9F2NO2. The number of nitrogens with zero attached hydrogens (tertiary/aromatic N) is 1. The Morgan fingerprint density at radius 2 is 2.15 bits per heavy atom. The molecule has 1 aromatic heterocycles. The highest BCUT2D eigenvalue weighted by Crippen LogP contribution is 2.25. The number of aromatic hydroxyl groups is 1. The highest BCUT2D eigenvalue weighted by Gasteiger charge is 2.15. The van der Waals surface area contributed by atoms with Crippen LogP contribution in [0, 0.1) is 6.92 Å². The standard InChI is InChI=1S/C8H9F2NO2/c1-4-2-6(13)5(3-12)11-7(4)8(9)10/h2,8,12-13H,3H2,1H3. The van der Waals surface area contributed by atoms with Crippen LogP contribution in [0.4, 0.5) is 8.78 Å². The van der Waals surface area contributed by atoms with Crippen LogP contribution in [0.1, 0.15) is 23.4 Å². The number of aryl methyl sites for hydroxylation is 1. The maximum absolute atomic E-state index is 12.3. The van der Waals surface area contributed by atoms with E-state index in [9.17, 15) is 8.78 Å². The Hall–Kier alpha value is -1.23. The molecule has 0 fully saturated rings. The second-order valence-corrected chi connectivity index (χ2v) is 2.62. The molecule has 1 aromatic rings. The van der Waals surface area contributed by atoms with Gasteiger partial charge in [-0.2, -0.15) is 0 Å². The summed E-state index contributed by atoms with van der Waals surface area (Å²) in [5, 5.41) is 17.8. The van der Waals surface area contributed by atoms with Crippen molar-refractivity contribution in [1.82, 2.24) is 4.98 Å². The number of aliphatic hydroxyl groups excluding tert-OH is 1. The summed E-state index contributed by atoms with van der Waals surface area (Å²) < 4.78 is 24.5. The lowest BCUT2D eigenvalue weighted by Gasteiger charge is -2.07. The molecule has 1 heterocycles. The zero-order chi connectivity index (χ0) is 10.0. The van der Waals surface area contributed by atoms with E-state index < -0.39 is 18.7 Å². The molecule has 5 heteroatoms. The molecule has 0 aliphatic heterocycles. The van der Waals surface area contributed by atoms with E-state index in [1.807, 2.05) is 0 Å². The largest absolute Gasteiger partial charge is 0.506 e. The Morgan fingerprint density at radius 1 is 1.54 bits per heavy atom.